The molecule has 0 bridgehead atoms. The third-order valence-corrected chi connectivity index (χ3v) is 14.8. The summed E-state index contributed by atoms with van der Waals surface area (Å²) in [5, 5.41) is 0. The quantitative estimate of drug-likeness (QED) is 0.0261. The highest BCUT2D eigenvalue weighted by molar-refractivity contribution is 5.71. The molecule has 0 aromatic rings. The minimum absolute atomic E-state index is 0.0794. The van der Waals surface area contributed by atoms with Gasteiger partial charge in [-0.1, -0.05) is 311 Å². The molecule has 0 N–H and O–H groups in total. The number of hydrogen-bond acceptors (Lipinski definition) is 6. The summed E-state index contributed by atoms with van der Waals surface area (Å²) in [5.74, 6) is -0.881. The van der Waals surface area contributed by atoms with Gasteiger partial charge in [0.25, 0.3) is 0 Å². The van der Waals surface area contributed by atoms with Crippen LogP contribution in [0.4, 0.5) is 0 Å². The summed E-state index contributed by atoms with van der Waals surface area (Å²) in [7, 11) is 0. The van der Waals surface area contributed by atoms with Crippen molar-refractivity contribution in [2.75, 3.05) is 13.2 Å². The lowest BCUT2D eigenvalue weighted by Gasteiger charge is -2.18. The molecule has 0 aliphatic carbocycles. The number of carbonyl (C=O) groups excluding carboxylic acids is 3. The molecule has 460 valence electrons. The molecular formula is C74H128O6. The van der Waals surface area contributed by atoms with E-state index in [-0.39, 0.29) is 31.1 Å². The second kappa shape index (κ2) is 67.8. The van der Waals surface area contributed by atoms with Crippen LogP contribution >= 0.6 is 0 Å². The Morgan fingerprint density at radius 1 is 0.263 bits per heavy atom. The maximum atomic E-state index is 12.9. The third-order valence-electron chi connectivity index (χ3n) is 14.8. The van der Waals surface area contributed by atoms with Crippen LogP contribution in [0, 0.1) is 0 Å². The van der Waals surface area contributed by atoms with Gasteiger partial charge in [0.15, 0.2) is 6.10 Å². The topological polar surface area (TPSA) is 78.9 Å². The fourth-order valence-electron chi connectivity index (χ4n) is 9.71. The van der Waals surface area contributed by atoms with Gasteiger partial charge in [0.2, 0.25) is 0 Å². The first-order valence-electron chi connectivity index (χ1n) is 34.2. The molecule has 6 heteroatoms. The van der Waals surface area contributed by atoms with Gasteiger partial charge in [-0.15, -0.1) is 0 Å². The predicted molar refractivity (Wildman–Crippen MR) is 348 cm³/mol. The molecular weight excluding hydrogens is 985 g/mol. The number of allylic oxidation sites excluding steroid dienone is 16. The van der Waals surface area contributed by atoms with Crippen molar-refractivity contribution in [2.24, 2.45) is 0 Å². The summed E-state index contributed by atoms with van der Waals surface area (Å²) >= 11 is 0. The lowest BCUT2D eigenvalue weighted by molar-refractivity contribution is -0.167. The van der Waals surface area contributed by atoms with Gasteiger partial charge in [0.1, 0.15) is 13.2 Å². The largest absolute Gasteiger partial charge is 0.462 e. The molecule has 0 spiro atoms. The van der Waals surface area contributed by atoms with Gasteiger partial charge < -0.3 is 14.2 Å². The van der Waals surface area contributed by atoms with E-state index in [0.717, 1.165) is 116 Å². The standard InChI is InChI=1S/C74H128O6/c1-4-7-10-13-16-19-22-25-27-29-31-33-35-37-39-41-43-45-47-49-52-55-58-61-64-67-73(76)79-70-71(69-78-72(75)66-63-60-57-54-51-24-21-18-15-12-9-6-3)80-74(77)68-65-62-59-56-53-50-48-46-44-42-40-38-36-34-32-30-28-26-23-20-17-14-11-8-5-2/h7,10,16,19,23,25-27,30-33,37,39,43,45,71H,4-6,8-9,11-15,17-18,20-22,24,28-29,34-36,38,40-42,44,46-70H2,1-3H3/b10-7-,19-16-,26-23-,27-25-,32-30-,33-31-,39-37-,45-43-. The van der Waals surface area contributed by atoms with Crippen molar-refractivity contribution in [2.45, 2.75) is 341 Å². The molecule has 6 nitrogen and oxygen atoms in total. The van der Waals surface area contributed by atoms with Gasteiger partial charge in [-0.2, -0.15) is 0 Å². The van der Waals surface area contributed by atoms with Crippen LogP contribution in [0.2, 0.25) is 0 Å². The molecule has 0 aromatic carbocycles. The van der Waals surface area contributed by atoms with Crippen LogP contribution in [0.3, 0.4) is 0 Å². The lowest BCUT2D eigenvalue weighted by Crippen LogP contribution is -2.30. The Morgan fingerprint density at radius 2 is 0.487 bits per heavy atom. The third kappa shape index (κ3) is 65.1. The fraction of sp³-hybridized carbons (Fsp3) is 0.743. The van der Waals surface area contributed by atoms with Crippen LogP contribution in [-0.4, -0.2) is 37.2 Å². The predicted octanol–water partition coefficient (Wildman–Crippen LogP) is 23.6. The van der Waals surface area contributed by atoms with Gasteiger partial charge in [-0.3, -0.25) is 14.4 Å². The van der Waals surface area contributed by atoms with E-state index in [1.165, 1.54) is 180 Å². The Bertz CT molecular complexity index is 1560. The highest BCUT2D eigenvalue weighted by Crippen LogP contribution is 2.17. The van der Waals surface area contributed by atoms with E-state index in [4.69, 9.17) is 14.2 Å². The summed E-state index contributed by atoms with van der Waals surface area (Å²) < 4.78 is 17.0. The van der Waals surface area contributed by atoms with E-state index >= 15 is 0 Å². The smallest absolute Gasteiger partial charge is 0.306 e. The average molecular weight is 1110 g/mol. The van der Waals surface area contributed by atoms with Crippen molar-refractivity contribution >= 4 is 17.9 Å². The van der Waals surface area contributed by atoms with Gasteiger partial charge in [0.05, 0.1) is 0 Å². The van der Waals surface area contributed by atoms with Crippen molar-refractivity contribution in [3.05, 3.63) is 97.2 Å². The van der Waals surface area contributed by atoms with Gasteiger partial charge in [-0.25, -0.2) is 0 Å². The highest BCUT2D eigenvalue weighted by atomic mass is 16.6. The van der Waals surface area contributed by atoms with Crippen LogP contribution in [0.15, 0.2) is 97.2 Å². The van der Waals surface area contributed by atoms with Crippen LogP contribution in [0.1, 0.15) is 335 Å². The molecule has 1 atom stereocenters. The molecule has 0 aromatic heterocycles. The monoisotopic (exact) mass is 1110 g/mol. The van der Waals surface area contributed by atoms with E-state index in [2.05, 4.69) is 118 Å². The Morgan fingerprint density at radius 3 is 0.762 bits per heavy atom. The molecule has 80 heavy (non-hydrogen) atoms. The molecule has 0 aliphatic rings. The first kappa shape index (κ1) is 76.3. The van der Waals surface area contributed by atoms with Crippen LogP contribution in [0.25, 0.3) is 0 Å². The first-order valence-corrected chi connectivity index (χ1v) is 34.2. The Labute approximate surface area is 496 Å². The molecule has 0 fully saturated rings. The average Bonchev–Trinajstić information content (AvgIpc) is 3.46. The second-order valence-electron chi connectivity index (χ2n) is 22.7. The maximum Gasteiger partial charge on any atom is 0.306 e. The lowest BCUT2D eigenvalue weighted by atomic mass is 10.0. The molecule has 0 saturated carbocycles. The van der Waals surface area contributed by atoms with Crippen LogP contribution in [0.5, 0.6) is 0 Å². The summed E-state index contributed by atoms with van der Waals surface area (Å²) in [6, 6.07) is 0. The summed E-state index contributed by atoms with van der Waals surface area (Å²) in [5.41, 5.74) is 0. The zero-order chi connectivity index (χ0) is 57.8. The highest BCUT2D eigenvalue weighted by Gasteiger charge is 2.19. The minimum atomic E-state index is -0.784. The Balaban J connectivity index is 4.31. The van der Waals surface area contributed by atoms with E-state index in [1.807, 2.05) is 0 Å². The second-order valence-corrected chi connectivity index (χ2v) is 22.7. The van der Waals surface area contributed by atoms with Gasteiger partial charge in [0, 0.05) is 19.3 Å². The van der Waals surface area contributed by atoms with Crippen molar-refractivity contribution in [3.8, 4) is 0 Å². The summed E-state index contributed by atoms with van der Waals surface area (Å²) in [6.45, 7) is 6.54. The minimum Gasteiger partial charge on any atom is -0.462 e. The maximum absolute atomic E-state index is 12.9. The van der Waals surface area contributed by atoms with Crippen LogP contribution < -0.4 is 0 Å². The van der Waals surface area contributed by atoms with Crippen molar-refractivity contribution < 1.29 is 28.6 Å². The van der Waals surface area contributed by atoms with E-state index in [0.29, 0.717) is 19.3 Å². The number of ether oxygens (including phenoxy) is 3. The van der Waals surface area contributed by atoms with Crippen molar-refractivity contribution in [1.82, 2.24) is 0 Å². The fourth-order valence-corrected chi connectivity index (χ4v) is 9.71. The number of esters is 3. The molecule has 0 rings (SSSR count). The molecule has 0 aliphatic heterocycles. The summed E-state index contributed by atoms with van der Waals surface area (Å²) in [4.78, 5) is 38.4. The molecule has 0 amide bonds. The molecule has 1 unspecified atom stereocenters. The zero-order valence-corrected chi connectivity index (χ0v) is 52.8. The number of carbonyl (C=O) groups is 3. The van der Waals surface area contributed by atoms with Gasteiger partial charge >= 0.3 is 17.9 Å². The van der Waals surface area contributed by atoms with Crippen LogP contribution in [-0.2, 0) is 28.6 Å². The van der Waals surface area contributed by atoms with Crippen molar-refractivity contribution in [1.29, 1.82) is 0 Å². The number of rotatable bonds is 62. The number of hydrogen-bond donors (Lipinski definition) is 0. The van der Waals surface area contributed by atoms with E-state index in [1.54, 1.807) is 0 Å². The Kier molecular flexibility index (Phi) is 64.7. The number of unbranched alkanes of at least 4 members (excludes halogenated alkanes) is 35. The van der Waals surface area contributed by atoms with E-state index < -0.39 is 6.10 Å². The normalized spacial score (nSPS) is 12.7. The molecule has 0 saturated heterocycles. The first-order chi connectivity index (χ1) is 39.5. The SMILES string of the molecule is CC/C=C\C/C=C\C/C=C\C/C=C\C/C=C\C/C=C\CCCCCCCCC(=O)OCC(COC(=O)CCCCCCCCCCCCCC)OC(=O)CCCCCCCCCCCCCCC/C=C\C/C=C\CCCCCCC. The van der Waals surface area contributed by atoms with Crippen molar-refractivity contribution in [3.63, 3.8) is 0 Å². The molecule has 0 radical (unpaired) electrons. The molecule has 0 heterocycles. The van der Waals surface area contributed by atoms with Gasteiger partial charge in [-0.05, 0) is 103 Å². The van der Waals surface area contributed by atoms with E-state index in [9.17, 15) is 14.4 Å². The zero-order valence-electron chi connectivity index (χ0n) is 52.8. The Hall–Kier alpha value is -3.67. The summed E-state index contributed by atoms with van der Waals surface area (Å²) in [6.07, 6.45) is 91.3.